The van der Waals surface area contributed by atoms with E-state index in [0.29, 0.717) is 18.1 Å². The fourth-order valence-electron chi connectivity index (χ4n) is 1.09. The fourth-order valence-corrected chi connectivity index (χ4v) is 1.09. The molecule has 1 rings (SSSR count). The van der Waals surface area contributed by atoms with Gasteiger partial charge in [0.15, 0.2) is 12.9 Å². The minimum atomic E-state index is -0.420. The Morgan fingerprint density at radius 3 is 2.69 bits per heavy atom. The van der Waals surface area contributed by atoms with Crippen molar-refractivity contribution in [3.8, 4) is 0 Å². The zero-order chi connectivity index (χ0) is 9.84. The molecule has 0 aliphatic carbocycles. The van der Waals surface area contributed by atoms with Crippen LogP contribution in [0.3, 0.4) is 0 Å². The van der Waals surface area contributed by atoms with Gasteiger partial charge in [-0.15, -0.1) is 0 Å². The summed E-state index contributed by atoms with van der Waals surface area (Å²) in [5.41, 5.74) is 0. The molecule has 0 spiro atoms. The van der Waals surface area contributed by atoms with Crippen molar-refractivity contribution in [3.63, 3.8) is 0 Å². The van der Waals surface area contributed by atoms with Crippen molar-refractivity contribution in [3.05, 3.63) is 11.5 Å². The molecule has 0 saturated carbocycles. The van der Waals surface area contributed by atoms with Gasteiger partial charge in [-0.2, -0.15) is 0 Å². The highest BCUT2D eigenvalue weighted by Gasteiger charge is 2.31. The van der Waals surface area contributed by atoms with E-state index in [9.17, 15) is 4.79 Å². The van der Waals surface area contributed by atoms with Crippen LogP contribution in [0.5, 0.6) is 0 Å². The molecular weight excluding hydrogens is 172 g/mol. The van der Waals surface area contributed by atoms with Crippen LogP contribution in [0.1, 0.15) is 20.8 Å². The molecule has 0 amide bonds. The van der Waals surface area contributed by atoms with Gasteiger partial charge in [0.2, 0.25) is 11.5 Å². The Morgan fingerprint density at radius 1 is 1.54 bits per heavy atom. The Morgan fingerprint density at radius 2 is 2.23 bits per heavy atom. The van der Waals surface area contributed by atoms with Crippen molar-refractivity contribution in [2.45, 2.75) is 26.9 Å². The van der Waals surface area contributed by atoms with Gasteiger partial charge in [-0.25, -0.2) is 0 Å². The van der Waals surface area contributed by atoms with E-state index in [1.165, 1.54) is 0 Å². The molecule has 0 radical (unpaired) electrons. The topological polar surface area (TPSA) is 44.8 Å². The number of allylic oxidation sites excluding steroid dienone is 1. The van der Waals surface area contributed by atoms with Crippen molar-refractivity contribution >= 4 is 5.78 Å². The number of carbonyl (C=O) groups excluding carboxylic acids is 1. The number of hydrogen-bond donors (Lipinski definition) is 0. The molecule has 13 heavy (non-hydrogen) atoms. The maximum atomic E-state index is 11.3. The molecule has 1 aliphatic heterocycles. The zero-order valence-corrected chi connectivity index (χ0v) is 8.12. The van der Waals surface area contributed by atoms with Gasteiger partial charge in [0, 0.05) is 6.61 Å². The van der Waals surface area contributed by atoms with E-state index in [2.05, 4.69) is 0 Å². The van der Waals surface area contributed by atoms with Crippen LogP contribution >= 0.6 is 0 Å². The highest BCUT2D eigenvalue weighted by atomic mass is 16.7. The molecule has 0 aromatic carbocycles. The Kier molecular flexibility index (Phi) is 3.31. The summed E-state index contributed by atoms with van der Waals surface area (Å²) in [5, 5.41) is 0. The number of Topliss-reactive ketones (excluding diaryl/α,β-unsaturated/α-hetero) is 1. The van der Waals surface area contributed by atoms with Gasteiger partial charge in [-0.05, 0) is 20.8 Å². The third kappa shape index (κ3) is 2.21. The van der Waals surface area contributed by atoms with E-state index in [1.54, 1.807) is 13.8 Å². The van der Waals surface area contributed by atoms with Gasteiger partial charge in [0.25, 0.3) is 0 Å². The average Bonchev–Trinajstić information content (AvgIpc) is 2.32. The van der Waals surface area contributed by atoms with Gasteiger partial charge in [-0.1, -0.05) is 0 Å². The second-order valence-corrected chi connectivity index (χ2v) is 2.76. The molecule has 1 heterocycles. The van der Waals surface area contributed by atoms with Crippen LogP contribution in [-0.4, -0.2) is 25.3 Å². The lowest BCUT2D eigenvalue weighted by atomic mass is 10.2. The molecule has 0 N–H and O–H groups in total. The third-order valence-electron chi connectivity index (χ3n) is 1.76. The summed E-state index contributed by atoms with van der Waals surface area (Å²) in [6, 6.07) is 0. The fraction of sp³-hybridized carbons (Fsp3) is 0.667. The highest BCUT2D eigenvalue weighted by Crippen LogP contribution is 2.21. The molecule has 0 bridgehead atoms. The smallest absolute Gasteiger partial charge is 0.241 e. The molecule has 1 aliphatic rings. The molecule has 74 valence electrons. The molecule has 1 unspecified atom stereocenters. The van der Waals surface area contributed by atoms with Gasteiger partial charge < -0.3 is 14.2 Å². The Bertz CT molecular complexity index is 232. The lowest BCUT2D eigenvalue weighted by Gasteiger charge is -2.04. The van der Waals surface area contributed by atoms with E-state index < -0.39 is 6.10 Å². The summed E-state index contributed by atoms with van der Waals surface area (Å²) in [5.74, 6) is 0.718. The normalized spacial score (nSPS) is 22.1. The second kappa shape index (κ2) is 4.28. The van der Waals surface area contributed by atoms with Crippen LogP contribution in [0.4, 0.5) is 0 Å². The average molecular weight is 186 g/mol. The Labute approximate surface area is 77.5 Å². The minimum absolute atomic E-state index is 0.102. The van der Waals surface area contributed by atoms with Crippen molar-refractivity contribution in [2.75, 3.05) is 13.4 Å². The molecular formula is C9H14O4. The van der Waals surface area contributed by atoms with E-state index in [0.717, 1.165) is 0 Å². The van der Waals surface area contributed by atoms with Crippen LogP contribution in [0.2, 0.25) is 0 Å². The number of ketones is 1. The molecule has 0 saturated heterocycles. The third-order valence-corrected chi connectivity index (χ3v) is 1.76. The quantitative estimate of drug-likeness (QED) is 0.489. The summed E-state index contributed by atoms with van der Waals surface area (Å²) in [6.07, 6.45) is -0.420. The summed E-state index contributed by atoms with van der Waals surface area (Å²) in [7, 11) is 0. The first-order valence-corrected chi connectivity index (χ1v) is 4.29. The van der Waals surface area contributed by atoms with E-state index >= 15 is 0 Å². The number of rotatable bonds is 4. The highest BCUT2D eigenvalue weighted by molar-refractivity contribution is 5.99. The van der Waals surface area contributed by atoms with Crippen molar-refractivity contribution < 1.29 is 19.0 Å². The van der Waals surface area contributed by atoms with Gasteiger partial charge in [0.1, 0.15) is 5.76 Å². The van der Waals surface area contributed by atoms with Crippen LogP contribution in [0, 0.1) is 0 Å². The Balaban J connectivity index is 2.48. The second-order valence-electron chi connectivity index (χ2n) is 2.76. The van der Waals surface area contributed by atoms with Crippen molar-refractivity contribution in [2.24, 2.45) is 0 Å². The molecule has 0 fully saturated rings. The monoisotopic (exact) mass is 186 g/mol. The minimum Gasteiger partial charge on any atom is -0.483 e. The number of hydrogen-bond acceptors (Lipinski definition) is 4. The maximum absolute atomic E-state index is 11.3. The molecule has 0 aromatic rings. The Hall–Kier alpha value is -1.03. The number of carbonyl (C=O) groups is 1. The van der Waals surface area contributed by atoms with Crippen LogP contribution in [0.15, 0.2) is 11.5 Å². The van der Waals surface area contributed by atoms with Crippen LogP contribution < -0.4 is 0 Å². The zero-order valence-electron chi connectivity index (χ0n) is 8.12. The summed E-state index contributed by atoms with van der Waals surface area (Å²) < 4.78 is 15.3. The van der Waals surface area contributed by atoms with Gasteiger partial charge in [0.05, 0.1) is 0 Å². The van der Waals surface area contributed by atoms with Crippen molar-refractivity contribution in [1.29, 1.82) is 0 Å². The van der Waals surface area contributed by atoms with Crippen molar-refractivity contribution in [1.82, 2.24) is 0 Å². The molecule has 0 aromatic heterocycles. The van der Waals surface area contributed by atoms with E-state index in [4.69, 9.17) is 14.2 Å². The van der Waals surface area contributed by atoms with Crippen LogP contribution in [0.25, 0.3) is 0 Å². The molecule has 4 nitrogen and oxygen atoms in total. The van der Waals surface area contributed by atoms with Gasteiger partial charge in [-0.3, -0.25) is 4.79 Å². The SMILES string of the molecule is CCOCOC1=C(C)OC(C)C1=O. The predicted octanol–water partition coefficient (Wildman–Crippen LogP) is 1.22. The molecule has 1 atom stereocenters. The lowest BCUT2D eigenvalue weighted by molar-refractivity contribution is -0.125. The summed E-state index contributed by atoms with van der Waals surface area (Å²) >= 11 is 0. The first-order valence-electron chi connectivity index (χ1n) is 4.29. The molecule has 4 heteroatoms. The number of ether oxygens (including phenoxy) is 3. The van der Waals surface area contributed by atoms with Crippen LogP contribution in [-0.2, 0) is 19.0 Å². The van der Waals surface area contributed by atoms with E-state index in [1.807, 2.05) is 6.92 Å². The lowest BCUT2D eigenvalue weighted by Crippen LogP contribution is -2.15. The maximum Gasteiger partial charge on any atom is 0.241 e. The first-order chi connectivity index (χ1) is 6.16. The van der Waals surface area contributed by atoms with Gasteiger partial charge >= 0.3 is 0 Å². The van der Waals surface area contributed by atoms with E-state index in [-0.39, 0.29) is 12.6 Å². The largest absolute Gasteiger partial charge is 0.483 e. The summed E-state index contributed by atoms with van der Waals surface area (Å²) in [4.78, 5) is 11.3. The summed E-state index contributed by atoms with van der Waals surface area (Å²) in [6.45, 7) is 5.94. The first kappa shape index (κ1) is 10.1. The standard InChI is InChI=1S/C9H14O4/c1-4-11-5-12-9-7(3)13-6(2)8(9)10/h6H,4-5H2,1-3H3. The predicted molar refractivity (Wildman–Crippen MR) is 45.8 cm³/mol.